The van der Waals surface area contributed by atoms with Crippen molar-refractivity contribution in [1.82, 2.24) is 9.97 Å². The molecule has 144 valence electrons. The third-order valence-electron chi connectivity index (χ3n) is 4.23. The normalized spacial score (nSPS) is 10.7. The number of aromatic nitrogens is 2. The van der Waals surface area contributed by atoms with Crippen LogP contribution in [-0.2, 0) is 17.0 Å². The Hall–Kier alpha value is -2.93. The van der Waals surface area contributed by atoms with Gasteiger partial charge in [0.1, 0.15) is 5.82 Å². The van der Waals surface area contributed by atoms with Crippen molar-refractivity contribution in [2.75, 3.05) is 5.32 Å². The van der Waals surface area contributed by atoms with E-state index in [4.69, 9.17) is 0 Å². The summed E-state index contributed by atoms with van der Waals surface area (Å²) < 4.78 is 13.7. The van der Waals surface area contributed by atoms with Crippen LogP contribution in [-0.4, -0.2) is 15.9 Å². The van der Waals surface area contributed by atoms with Crippen molar-refractivity contribution in [1.29, 1.82) is 0 Å². The van der Waals surface area contributed by atoms with Crippen molar-refractivity contribution in [3.63, 3.8) is 0 Å². The molecule has 3 aromatic rings. The van der Waals surface area contributed by atoms with Gasteiger partial charge in [-0.15, -0.1) is 0 Å². The molecule has 1 heterocycles. The summed E-state index contributed by atoms with van der Waals surface area (Å²) >= 11 is 1.21. The van der Waals surface area contributed by atoms with Crippen LogP contribution in [0.15, 0.2) is 58.5 Å². The first-order valence-electron chi connectivity index (χ1n) is 8.74. The van der Waals surface area contributed by atoms with Crippen molar-refractivity contribution in [2.45, 2.75) is 31.2 Å². The number of hydrogen-bond acceptors (Lipinski definition) is 4. The number of aromatic amines is 1. The van der Waals surface area contributed by atoms with Crippen LogP contribution in [0, 0.1) is 19.7 Å². The third-order valence-corrected chi connectivity index (χ3v) is 5.15. The SMILES string of the molecule is Cc1ccc(NC(=O)Cc2cc(=O)[nH]c(SCc3ccccc3F)n2)cc1C. The lowest BCUT2D eigenvalue weighted by Gasteiger charge is -2.08. The van der Waals surface area contributed by atoms with Gasteiger partial charge in [-0.2, -0.15) is 0 Å². The number of halogens is 1. The highest BCUT2D eigenvalue weighted by molar-refractivity contribution is 7.98. The number of carbonyl (C=O) groups excluding carboxylic acids is 1. The monoisotopic (exact) mass is 397 g/mol. The molecule has 3 rings (SSSR count). The number of anilines is 1. The molecule has 1 aromatic heterocycles. The molecule has 2 aromatic carbocycles. The zero-order chi connectivity index (χ0) is 20.1. The van der Waals surface area contributed by atoms with Gasteiger partial charge in [0.2, 0.25) is 5.91 Å². The van der Waals surface area contributed by atoms with E-state index in [2.05, 4.69) is 15.3 Å². The van der Waals surface area contributed by atoms with Gasteiger partial charge in [0.25, 0.3) is 5.56 Å². The highest BCUT2D eigenvalue weighted by atomic mass is 32.2. The highest BCUT2D eigenvalue weighted by Crippen LogP contribution is 2.20. The topological polar surface area (TPSA) is 74.8 Å². The molecule has 0 fully saturated rings. The Balaban J connectivity index is 1.67. The number of hydrogen-bond donors (Lipinski definition) is 2. The lowest BCUT2D eigenvalue weighted by atomic mass is 10.1. The quantitative estimate of drug-likeness (QED) is 0.487. The number of H-pyrrole nitrogens is 1. The molecule has 0 bridgehead atoms. The Morgan fingerprint density at radius 3 is 2.68 bits per heavy atom. The molecule has 0 atom stereocenters. The lowest BCUT2D eigenvalue weighted by molar-refractivity contribution is -0.115. The second kappa shape index (κ2) is 8.84. The second-order valence-electron chi connectivity index (χ2n) is 6.45. The van der Waals surface area contributed by atoms with Crippen LogP contribution >= 0.6 is 11.8 Å². The predicted molar refractivity (Wildman–Crippen MR) is 109 cm³/mol. The van der Waals surface area contributed by atoms with Crippen LogP contribution in [0.3, 0.4) is 0 Å². The van der Waals surface area contributed by atoms with Crippen LogP contribution < -0.4 is 10.9 Å². The Morgan fingerprint density at radius 2 is 1.93 bits per heavy atom. The number of nitrogens with zero attached hydrogens (tertiary/aromatic N) is 1. The number of benzene rings is 2. The number of nitrogens with one attached hydrogen (secondary N) is 2. The Morgan fingerprint density at radius 1 is 1.14 bits per heavy atom. The summed E-state index contributed by atoms with van der Waals surface area (Å²) in [6.45, 7) is 3.98. The smallest absolute Gasteiger partial charge is 0.251 e. The number of rotatable bonds is 6. The number of thioether (sulfide) groups is 1. The first-order valence-corrected chi connectivity index (χ1v) is 9.73. The van der Waals surface area contributed by atoms with E-state index in [9.17, 15) is 14.0 Å². The van der Waals surface area contributed by atoms with Crippen LogP contribution in [0.2, 0.25) is 0 Å². The van der Waals surface area contributed by atoms with Crippen molar-refractivity contribution >= 4 is 23.4 Å². The van der Waals surface area contributed by atoms with E-state index in [0.29, 0.717) is 27.9 Å². The molecule has 0 aliphatic rings. The summed E-state index contributed by atoms with van der Waals surface area (Å²) in [5.41, 5.74) is 3.46. The molecule has 2 N–H and O–H groups in total. The van der Waals surface area contributed by atoms with Crippen LogP contribution in [0.25, 0.3) is 0 Å². The van der Waals surface area contributed by atoms with Gasteiger partial charge in [0.05, 0.1) is 12.1 Å². The van der Waals surface area contributed by atoms with Gasteiger partial charge in [-0.05, 0) is 48.7 Å². The zero-order valence-electron chi connectivity index (χ0n) is 15.6. The molecule has 7 heteroatoms. The molecule has 5 nitrogen and oxygen atoms in total. The number of aryl methyl sites for hydroxylation is 2. The Kier molecular flexibility index (Phi) is 6.26. The fourth-order valence-corrected chi connectivity index (χ4v) is 3.47. The molecule has 0 unspecified atom stereocenters. The minimum atomic E-state index is -0.347. The lowest BCUT2D eigenvalue weighted by Crippen LogP contribution is -2.18. The van der Waals surface area contributed by atoms with Crippen molar-refractivity contribution in [3.05, 3.63) is 87.1 Å². The van der Waals surface area contributed by atoms with Gasteiger partial charge in [-0.1, -0.05) is 36.0 Å². The van der Waals surface area contributed by atoms with Gasteiger partial charge < -0.3 is 10.3 Å². The molecule has 1 amide bonds. The van der Waals surface area contributed by atoms with Crippen molar-refractivity contribution < 1.29 is 9.18 Å². The summed E-state index contributed by atoms with van der Waals surface area (Å²) in [5, 5.41) is 3.17. The summed E-state index contributed by atoms with van der Waals surface area (Å²) in [4.78, 5) is 31.1. The molecule has 28 heavy (non-hydrogen) atoms. The van der Waals surface area contributed by atoms with Crippen LogP contribution in [0.5, 0.6) is 0 Å². The van der Waals surface area contributed by atoms with E-state index in [1.165, 1.54) is 23.9 Å². The summed E-state index contributed by atoms with van der Waals surface area (Å²) in [6, 6.07) is 13.4. The summed E-state index contributed by atoms with van der Waals surface area (Å²) in [5.74, 6) is -0.235. The maximum atomic E-state index is 13.7. The second-order valence-corrected chi connectivity index (χ2v) is 7.41. The van der Waals surface area contributed by atoms with Gasteiger partial charge >= 0.3 is 0 Å². The maximum Gasteiger partial charge on any atom is 0.251 e. The minimum absolute atomic E-state index is 0.0237. The average molecular weight is 397 g/mol. The molecule has 0 saturated carbocycles. The summed E-state index contributed by atoms with van der Waals surface area (Å²) in [6.07, 6.45) is -0.0237. The van der Waals surface area contributed by atoms with E-state index >= 15 is 0 Å². The van der Waals surface area contributed by atoms with E-state index in [1.54, 1.807) is 18.2 Å². The highest BCUT2D eigenvalue weighted by Gasteiger charge is 2.10. The van der Waals surface area contributed by atoms with Crippen LogP contribution in [0.1, 0.15) is 22.4 Å². The molecule has 0 radical (unpaired) electrons. The Bertz CT molecular complexity index is 1070. The van der Waals surface area contributed by atoms with E-state index in [1.807, 2.05) is 32.0 Å². The van der Waals surface area contributed by atoms with Gasteiger partial charge in [0, 0.05) is 17.5 Å². The first kappa shape index (κ1) is 19.8. The standard InChI is InChI=1S/C21H20FN3O2S/c1-13-7-8-16(9-14(13)2)23-19(26)10-17-11-20(27)25-21(24-17)28-12-15-5-3-4-6-18(15)22/h3-9,11H,10,12H2,1-2H3,(H,23,26)(H,24,25,27). The largest absolute Gasteiger partial charge is 0.326 e. The summed E-state index contributed by atoms with van der Waals surface area (Å²) in [7, 11) is 0. The minimum Gasteiger partial charge on any atom is -0.326 e. The van der Waals surface area contributed by atoms with Crippen molar-refractivity contribution in [2.24, 2.45) is 0 Å². The van der Waals surface area contributed by atoms with E-state index < -0.39 is 0 Å². The predicted octanol–water partition coefficient (Wildman–Crippen LogP) is 4.00. The molecule has 0 spiro atoms. The van der Waals surface area contributed by atoms with Gasteiger partial charge in [-0.3, -0.25) is 9.59 Å². The van der Waals surface area contributed by atoms with Crippen LogP contribution in [0.4, 0.5) is 10.1 Å². The van der Waals surface area contributed by atoms with Crippen molar-refractivity contribution in [3.8, 4) is 0 Å². The molecule has 0 saturated heterocycles. The van der Waals surface area contributed by atoms with Gasteiger partial charge in [0.15, 0.2) is 5.16 Å². The fraction of sp³-hybridized carbons (Fsp3) is 0.190. The third kappa shape index (κ3) is 5.29. The van der Waals surface area contributed by atoms with E-state index in [-0.39, 0.29) is 23.7 Å². The molecule has 0 aliphatic heterocycles. The first-order chi connectivity index (χ1) is 13.4. The zero-order valence-corrected chi connectivity index (χ0v) is 16.4. The average Bonchev–Trinajstić information content (AvgIpc) is 2.63. The number of carbonyl (C=O) groups is 1. The molecular weight excluding hydrogens is 377 g/mol. The fourth-order valence-electron chi connectivity index (χ4n) is 2.59. The number of amides is 1. The Labute approximate surface area is 166 Å². The molecule has 0 aliphatic carbocycles. The van der Waals surface area contributed by atoms with Gasteiger partial charge in [-0.25, -0.2) is 9.37 Å². The molecular formula is C21H20FN3O2S. The van der Waals surface area contributed by atoms with E-state index in [0.717, 1.165) is 11.1 Å². The maximum absolute atomic E-state index is 13.7.